The van der Waals surface area contributed by atoms with Gasteiger partial charge < -0.3 is 34.5 Å². The number of hydrogen-bond acceptors (Lipinski definition) is 11. The molecule has 2 aliphatic heterocycles. The number of ether oxygens (including phenoxy) is 3. The van der Waals surface area contributed by atoms with Crippen molar-refractivity contribution in [2.75, 3.05) is 25.0 Å². The molecule has 6 rings (SSSR count). The smallest absolute Gasteiger partial charge is 0.408 e. The fourth-order valence-corrected chi connectivity index (χ4v) is 7.68. The van der Waals surface area contributed by atoms with Gasteiger partial charge in [0.05, 0.1) is 30.2 Å². The average Bonchev–Trinajstić information content (AvgIpc) is 3.71. The lowest BCUT2D eigenvalue weighted by Gasteiger charge is -2.35. The highest BCUT2D eigenvalue weighted by Gasteiger charge is 2.48. The summed E-state index contributed by atoms with van der Waals surface area (Å²) < 4.78 is 18.7. The van der Waals surface area contributed by atoms with Crippen LogP contribution in [0, 0.1) is 17.3 Å². The van der Waals surface area contributed by atoms with Gasteiger partial charge in [-0.15, -0.1) is 0 Å². The summed E-state index contributed by atoms with van der Waals surface area (Å²) in [6, 6.07) is 5.79. The first-order chi connectivity index (χ1) is 24.6. The molecule has 274 valence electrons. The first-order valence-corrected chi connectivity index (χ1v) is 18.5. The molecule has 2 N–H and O–H groups in total. The third kappa shape index (κ3) is 8.68. The molecule has 2 aromatic heterocycles. The minimum Gasteiger partial charge on any atom is -0.492 e. The van der Waals surface area contributed by atoms with Crippen LogP contribution in [-0.4, -0.2) is 87.1 Å². The second-order valence-electron chi connectivity index (χ2n) is 15.0. The van der Waals surface area contributed by atoms with Crippen LogP contribution in [0.5, 0.6) is 11.6 Å². The maximum absolute atomic E-state index is 14.3. The molecular formula is C38H51N7O6. The molecule has 13 nitrogen and oxygen atoms in total. The van der Waals surface area contributed by atoms with Crippen LogP contribution in [0.3, 0.4) is 0 Å². The van der Waals surface area contributed by atoms with Gasteiger partial charge in [-0.25, -0.2) is 24.7 Å². The van der Waals surface area contributed by atoms with E-state index in [9.17, 15) is 14.4 Å². The third-order valence-electron chi connectivity index (χ3n) is 10.4. The van der Waals surface area contributed by atoms with Crippen LogP contribution in [-0.2, 0) is 20.7 Å². The second-order valence-corrected chi connectivity index (χ2v) is 15.0. The Bertz CT molecular complexity index is 1670. The van der Waals surface area contributed by atoms with Crippen LogP contribution in [0.25, 0.3) is 11.0 Å². The summed E-state index contributed by atoms with van der Waals surface area (Å²) in [6.45, 7) is 8.78. The van der Waals surface area contributed by atoms with Gasteiger partial charge >= 0.3 is 6.09 Å². The number of alkyl carbamates (subject to hydrolysis) is 1. The minimum absolute atomic E-state index is 0.169. The lowest BCUT2D eigenvalue weighted by Crippen LogP contribution is -2.56. The van der Waals surface area contributed by atoms with Gasteiger partial charge in [-0.2, -0.15) is 0 Å². The quantitative estimate of drug-likeness (QED) is 0.236. The Morgan fingerprint density at radius 3 is 2.57 bits per heavy atom. The van der Waals surface area contributed by atoms with Crippen LogP contribution in [0.4, 0.5) is 10.7 Å². The maximum atomic E-state index is 14.3. The molecule has 0 spiro atoms. The highest BCUT2D eigenvalue weighted by molar-refractivity contribution is 5.89. The number of rotatable bonds is 7. The Morgan fingerprint density at radius 1 is 1.00 bits per heavy atom. The van der Waals surface area contributed by atoms with Gasteiger partial charge in [-0.05, 0) is 74.5 Å². The number of nitrogens with one attached hydrogen (secondary N) is 2. The molecule has 1 saturated carbocycles. The van der Waals surface area contributed by atoms with Crippen molar-refractivity contribution in [2.24, 2.45) is 17.3 Å². The zero-order chi connectivity index (χ0) is 36.0. The van der Waals surface area contributed by atoms with E-state index >= 15 is 0 Å². The van der Waals surface area contributed by atoms with Crippen LogP contribution in [0.1, 0.15) is 84.8 Å². The molecule has 0 radical (unpaired) electrons. The number of aromatic nitrogens is 4. The molecule has 1 saturated heterocycles. The number of aryl methyl sites for hydroxylation is 1. The predicted molar refractivity (Wildman–Crippen MR) is 191 cm³/mol. The average molecular weight is 702 g/mol. The molecule has 0 unspecified atom stereocenters. The molecule has 13 heteroatoms. The van der Waals surface area contributed by atoms with Crippen LogP contribution in [0.2, 0.25) is 0 Å². The first-order valence-electron chi connectivity index (χ1n) is 18.5. The predicted octanol–water partition coefficient (Wildman–Crippen LogP) is 5.52. The molecule has 2 bridgehead atoms. The van der Waals surface area contributed by atoms with Crippen molar-refractivity contribution in [3.63, 3.8) is 0 Å². The number of fused-ring (bicyclic) bond motifs is 5. The lowest BCUT2D eigenvalue weighted by atomic mass is 9.85. The summed E-state index contributed by atoms with van der Waals surface area (Å²) in [4.78, 5) is 60.1. The van der Waals surface area contributed by atoms with Crippen LogP contribution in [0.15, 0.2) is 36.7 Å². The standard InChI is InChI=1S/C38H51N7O6/c1-5-26-30(23-46)45-22-32(26)50-34-28(42-27-16-15-25(21-29(27)43-34)49-20-19-41-36-39-17-10-18-40-36)13-8-6-7-11-24-12-9-14-31(24)51-37(48)44-33(35(45)47)38(2,3)4/h10,15-18,21,23-24,26,30-33H,5-9,11-14,19-20,22H2,1-4H3,(H,44,48)(H,39,40,41)/t24-,26+,30-,31-,32+,33-/m1/s1. The van der Waals surface area contributed by atoms with Crippen molar-refractivity contribution < 1.29 is 28.6 Å². The van der Waals surface area contributed by atoms with Crippen molar-refractivity contribution in [1.29, 1.82) is 0 Å². The molecule has 4 heterocycles. The number of amides is 2. The SMILES string of the molecule is CC[C@@H]1[C@@H]2CN(C(=O)[C@H](C(C)(C)C)NC(=O)O[C@@H]3CCC[C@H]3CCCCCc3nc4ccc(OCCNc5ncccn5)cc4nc3O2)[C@@H]1C=O. The first kappa shape index (κ1) is 36.2. The van der Waals surface area contributed by atoms with E-state index in [0.29, 0.717) is 55.0 Å². The monoisotopic (exact) mass is 701 g/mol. The van der Waals surface area contributed by atoms with E-state index in [0.717, 1.165) is 62.4 Å². The summed E-state index contributed by atoms with van der Waals surface area (Å²) in [5.41, 5.74) is 1.48. The summed E-state index contributed by atoms with van der Waals surface area (Å²) in [7, 11) is 0. The van der Waals surface area contributed by atoms with Crippen molar-refractivity contribution in [3.8, 4) is 11.6 Å². The summed E-state index contributed by atoms with van der Waals surface area (Å²) >= 11 is 0. The van der Waals surface area contributed by atoms with E-state index in [2.05, 4.69) is 20.6 Å². The lowest BCUT2D eigenvalue weighted by molar-refractivity contribution is -0.139. The maximum Gasteiger partial charge on any atom is 0.408 e. The van der Waals surface area contributed by atoms with E-state index in [1.807, 2.05) is 45.9 Å². The van der Waals surface area contributed by atoms with E-state index in [4.69, 9.17) is 24.2 Å². The van der Waals surface area contributed by atoms with Gasteiger partial charge in [-0.3, -0.25) is 4.79 Å². The zero-order valence-corrected chi connectivity index (χ0v) is 30.2. The largest absolute Gasteiger partial charge is 0.492 e. The molecular weight excluding hydrogens is 650 g/mol. The van der Waals surface area contributed by atoms with Crippen molar-refractivity contribution in [1.82, 2.24) is 30.2 Å². The number of anilines is 1. The number of carbonyl (C=O) groups excluding carboxylic acids is 3. The van der Waals surface area contributed by atoms with E-state index in [1.54, 1.807) is 23.4 Å². The van der Waals surface area contributed by atoms with Crippen LogP contribution < -0.4 is 20.1 Å². The number of benzene rings is 1. The number of nitrogens with zero attached hydrogens (tertiary/aromatic N) is 5. The molecule has 6 atom stereocenters. The Morgan fingerprint density at radius 2 is 1.80 bits per heavy atom. The molecule has 51 heavy (non-hydrogen) atoms. The minimum atomic E-state index is -0.896. The van der Waals surface area contributed by atoms with Gasteiger partial charge in [0.1, 0.15) is 42.6 Å². The van der Waals surface area contributed by atoms with Crippen molar-refractivity contribution in [3.05, 3.63) is 42.4 Å². The van der Waals surface area contributed by atoms with Crippen molar-refractivity contribution in [2.45, 2.75) is 110 Å². The molecule has 1 aliphatic carbocycles. The molecule has 2 fully saturated rings. The Hall–Kier alpha value is -4.55. The highest BCUT2D eigenvalue weighted by Crippen LogP contribution is 2.36. The summed E-state index contributed by atoms with van der Waals surface area (Å²) in [5, 5.41) is 6.03. The molecule has 3 aliphatic rings. The van der Waals surface area contributed by atoms with Gasteiger partial charge in [0.2, 0.25) is 17.7 Å². The second kappa shape index (κ2) is 16.2. The Labute approximate surface area is 299 Å². The van der Waals surface area contributed by atoms with Gasteiger partial charge in [-0.1, -0.05) is 40.5 Å². The topological polar surface area (TPSA) is 158 Å². The van der Waals surface area contributed by atoms with Gasteiger partial charge in [0, 0.05) is 24.4 Å². The zero-order valence-electron chi connectivity index (χ0n) is 30.2. The molecule has 2 amide bonds. The van der Waals surface area contributed by atoms with E-state index in [-0.39, 0.29) is 24.5 Å². The summed E-state index contributed by atoms with van der Waals surface area (Å²) in [5.74, 6) is 1.28. The fourth-order valence-electron chi connectivity index (χ4n) is 7.68. The van der Waals surface area contributed by atoms with Crippen LogP contribution >= 0.6 is 0 Å². The number of hydrogen-bond donors (Lipinski definition) is 2. The molecule has 1 aromatic carbocycles. The van der Waals surface area contributed by atoms with Gasteiger partial charge in [0.15, 0.2) is 0 Å². The van der Waals surface area contributed by atoms with E-state index in [1.165, 1.54) is 0 Å². The van der Waals surface area contributed by atoms with E-state index < -0.39 is 29.7 Å². The number of aldehydes is 1. The van der Waals surface area contributed by atoms with Gasteiger partial charge in [0.25, 0.3) is 0 Å². The Balaban J connectivity index is 1.28. The fraction of sp³-hybridized carbons (Fsp3) is 0.605. The normalized spacial score (nSPS) is 26.2. The highest BCUT2D eigenvalue weighted by atomic mass is 16.6. The number of carbonyl (C=O) groups is 3. The summed E-state index contributed by atoms with van der Waals surface area (Å²) in [6.07, 6.45) is 10.9. The van der Waals surface area contributed by atoms with Crippen molar-refractivity contribution >= 4 is 35.3 Å². The molecule has 3 aromatic rings. The Kier molecular flexibility index (Phi) is 11.5. The third-order valence-corrected chi connectivity index (χ3v) is 10.4.